The first kappa shape index (κ1) is 28.1. The third-order valence-electron chi connectivity index (χ3n) is 6.26. The van der Waals surface area contributed by atoms with Crippen LogP contribution in [0.3, 0.4) is 0 Å². The van der Waals surface area contributed by atoms with Gasteiger partial charge in [0, 0.05) is 22.6 Å². The van der Waals surface area contributed by atoms with Gasteiger partial charge in [0.25, 0.3) is 11.5 Å². The van der Waals surface area contributed by atoms with Gasteiger partial charge in [0.05, 0.1) is 23.8 Å². The summed E-state index contributed by atoms with van der Waals surface area (Å²) >= 11 is 7.17. The molecule has 1 atom stereocenters. The number of carbonyl (C=O) groups is 2. The van der Waals surface area contributed by atoms with Gasteiger partial charge >= 0.3 is 12.4 Å². The molecule has 0 saturated carbocycles. The zero-order valence-corrected chi connectivity index (χ0v) is 21.5. The van der Waals surface area contributed by atoms with Crippen molar-refractivity contribution in [2.24, 2.45) is 5.16 Å². The molecule has 2 aliphatic rings. The topological polar surface area (TPSA) is 62.2 Å². The van der Waals surface area contributed by atoms with E-state index in [1.165, 1.54) is 39.8 Å². The first-order valence-electron chi connectivity index (χ1n) is 11.0. The highest BCUT2D eigenvalue weighted by molar-refractivity contribution is 7.98. The highest BCUT2D eigenvalue weighted by Gasteiger charge is 2.62. The molecule has 14 heteroatoms. The second kappa shape index (κ2) is 9.99. The van der Waals surface area contributed by atoms with Crippen LogP contribution in [0.4, 0.5) is 26.3 Å². The second-order valence-electron chi connectivity index (χ2n) is 8.88. The van der Waals surface area contributed by atoms with E-state index in [1.54, 1.807) is 6.92 Å². The number of carbonyl (C=O) groups excluding carboxylic acids is 2. The summed E-state index contributed by atoms with van der Waals surface area (Å²) in [6.45, 7) is 1.61. The first-order valence-corrected chi connectivity index (χ1v) is 12.8. The van der Waals surface area contributed by atoms with Crippen molar-refractivity contribution in [3.8, 4) is 0 Å². The molecule has 0 radical (unpaired) electrons. The minimum Gasteiger partial charge on any atom is -0.374 e. The molecule has 0 aliphatic carbocycles. The molecular weight excluding hydrogens is 560 g/mol. The number of hydrogen-bond donors (Lipinski definition) is 0. The van der Waals surface area contributed by atoms with Gasteiger partial charge in [-0.3, -0.25) is 9.59 Å². The van der Waals surface area contributed by atoms with E-state index < -0.39 is 46.4 Å². The molecule has 0 bridgehead atoms. The van der Waals surface area contributed by atoms with Gasteiger partial charge in [-0.15, -0.1) is 11.8 Å². The molecule has 2 aliphatic heterocycles. The molecule has 6 nitrogen and oxygen atoms in total. The lowest BCUT2D eigenvalue weighted by molar-refractivity contribution is -0.276. The lowest BCUT2D eigenvalue weighted by Gasteiger charge is -2.30. The number of rotatable bonds is 5. The molecule has 2 heterocycles. The van der Waals surface area contributed by atoms with Crippen molar-refractivity contribution in [1.29, 1.82) is 0 Å². The van der Waals surface area contributed by atoms with E-state index >= 15 is 0 Å². The highest BCUT2D eigenvalue weighted by Crippen LogP contribution is 2.50. The van der Waals surface area contributed by atoms with Crippen LogP contribution in [0.2, 0.25) is 5.02 Å². The number of amides is 2. The summed E-state index contributed by atoms with van der Waals surface area (Å²) in [5.74, 6) is -0.185. The Bertz CT molecular complexity index is 1320. The molecule has 1 saturated heterocycles. The average molecular weight is 580 g/mol. The number of hydrogen-bond acceptors (Lipinski definition) is 5. The maximum Gasteiger partial charge on any atom is 0.435 e. The fraction of sp³-hybridized carbons (Fsp3) is 0.375. The maximum absolute atomic E-state index is 14.3. The normalized spacial score (nSPS) is 20.1. The van der Waals surface area contributed by atoms with E-state index in [0.717, 1.165) is 6.07 Å². The fourth-order valence-electron chi connectivity index (χ4n) is 4.30. The molecule has 1 fully saturated rings. The summed E-state index contributed by atoms with van der Waals surface area (Å²) in [4.78, 5) is 32.8. The third-order valence-corrected chi connectivity index (χ3v) is 7.05. The van der Waals surface area contributed by atoms with Crippen LogP contribution in [0, 0.1) is 6.92 Å². The fourth-order valence-corrected chi connectivity index (χ4v) is 5.07. The molecule has 2 aromatic carbocycles. The van der Waals surface area contributed by atoms with E-state index in [4.69, 9.17) is 16.4 Å². The van der Waals surface area contributed by atoms with Gasteiger partial charge in [-0.25, -0.2) is 0 Å². The Hall–Kier alpha value is -2.93. The predicted molar refractivity (Wildman–Crippen MR) is 129 cm³/mol. The number of oxime groups is 1. The van der Waals surface area contributed by atoms with Crippen LogP contribution in [-0.2, 0) is 21.4 Å². The van der Waals surface area contributed by atoms with E-state index in [2.05, 4.69) is 5.16 Å². The zero-order chi connectivity index (χ0) is 28.0. The molecule has 38 heavy (non-hydrogen) atoms. The zero-order valence-electron chi connectivity index (χ0n) is 19.9. The summed E-state index contributed by atoms with van der Waals surface area (Å²) in [7, 11) is 0. The quantitative estimate of drug-likeness (QED) is 0.420. The summed E-state index contributed by atoms with van der Waals surface area (Å²) in [5.41, 5.74) is -4.68. The second-order valence-corrected chi connectivity index (χ2v) is 10.2. The Balaban J connectivity index is 1.61. The number of thioether (sulfide) groups is 1. The van der Waals surface area contributed by atoms with Crippen LogP contribution < -0.4 is 0 Å². The Morgan fingerprint density at radius 2 is 1.87 bits per heavy atom. The van der Waals surface area contributed by atoms with Crippen molar-refractivity contribution in [3.63, 3.8) is 0 Å². The monoisotopic (exact) mass is 579 g/mol. The maximum atomic E-state index is 14.3. The van der Waals surface area contributed by atoms with Gasteiger partial charge in [0.2, 0.25) is 5.91 Å². The van der Waals surface area contributed by atoms with Gasteiger partial charge in [0.1, 0.15) is 6.54 Å². The molecule has 2 aromatic rings. The van der Waals surface area contributed by atoms with Crippen molar-refractivity contribution in [2.45, 2.75) is 31.3 Å². The minimum absolute atomic E-state index is 0.0885. The Morgan fingerprint density at radius 1 is 1.16 bits per heavy atom. The van der Waals surface area contributed by atoms with Crippen LogP contribution >= 0.6 is 23.4 Å². The van der Waals surface area contributed by atoms with Crippen LogP contribution in [0.15, 0.2) is 41.6 Å². The standard InChI is InChI=1S/C24H20ClF6N3O3S/c1-13-5-14(3-4-18(13)21(36)33-10-20(35)34(11-33)12-38-2)19-9-22(37-32-19,24(29,30)31)15-6-16(23(26,27)28)8-17(25)7-15/h3-8H,9-12H2,1-2H3. The van der Waals surface area contributed by atoms with E-state index in [9.17, 15) is 35.9 Å². The SMILES string of the molecule is CSCN1CN(C(=O)c2ccc(C3=NOC(c4cc(Cl)cc(C(F)(F)F)c4)(C(F)(F)F)C3)cc2C)CC1=O. The van der Waals surface area contributed by atoms with E-state index in [-0.39, 0.29) is 36.0 Å². The number of benzene rings is 2. The Kier molecular flexibility index (Phi) is 7.38. The highest BCUT2D eigenvalue weighted by atomic mass is 35.5. The van der Waals surface area contributed by atoms with Gasteiger partial charge in [-0.2, -0.15) is 26.3 Å². The van der Waals surface area contributed by atoms with Crippen molar-refractivity contribution in [1.82, 2.24) is 9.80 Å². The molecule has 1 unspecified atom stereocenters. The average Bonchev–Trinajstić information content (AvgIpc) is 3.43. The molecular formula is C24H20ClF6N3O3S. The number of halogens is 7. The molecule has 0 spiro atoms. The summed E-state index contributed by atoms with van der Waals surface area (Å²) in [6, 6.07) is 5.88. The van der Waals surface area contributed by atoms with Crippen LogP contribution in [0.5, 0.6) is 0 Å². The largest absolute Gasteiger partial charge is 0.435 e. The molecule has 204 valence electrons. The van der Waals surface area contributed by atoms with E-state index in [0.29, 0.717) is 23.6 Å². The predicted octanol–water partition coefficient (Wildman–Crippen LogP) is 5.81. The summed E-state index contributed by atoms with van der Waals surface area (Å²) in [6.07, 6.45) is -9.15. The van der Waals surface area contributed by atoms with Crippen molar-refractivity contribution in [3.05, 3.63) is 69.2 Å². The number of alkyl halides is 6. The van der Waals surface area contributed by atoms with Gasteiger partial charge in [0.15, 0.2) is 0 Å². The summed E-state index contributed by atoms with van der Waals surface area (Å²) < 4.78 is 82.7. The lowest BCUT2D eigenvalue weighted by Crippen LogP contribution is -2.43. The van der Waals surface area contributed by atoms with Gasteiger partial charge in [-0.05, 0) is 54.6 Å². The molecule has 0 N–H and O–H groups in total. The van der Waals surface area contributed by atoms with E-state index in [1.807, 2.05) is 6.26 Å². The first-order chi connectivity index (χ1) is 17.7. The Morgan fingerprint density at radius 3 is 2.47 bits per heavy atom. The van der Waals surface area contributed by atoms with Gasteiger partial charge < -0.3 is 14.6 Å². The van der Waals surface area contributed by atoms with Gasteiger partial charge in [-0.1, -0.05) is 22.8 Å². The third kappa shape index (κ3) is 5.18. The molecule has 4 rings (SSSR count). The smallest absolute Gasteiger partial charge is 0.374 e. The minimum atomic E-state index is -5.14. The van der Waals surface area contributed by atoms with Crippen LogP contribution in [0.1, 0.15) is 39.0 Å². The van der Waals surface area contributed by atoms with Crippen molar-refractivity contribution < 1.29 is 40.8 Å². The number of nitrogens with zero attached hydrogens (tertiary/aromatic N) is 3. The number of aryl methyl sites for hydroxylation is 1. The van der Waals surface area contributed by atoms with Crippen LogP contribution in [0.25, 0.3) is 0 Å². The Labute approximate surface area is 222 Å². The molecule has 2 amide bonds. The summed E-state index contributed by atoms with van der Waals surface area (Å²) in [5, 5.41) is 3.04. The van der Waals surface area contributed by atoms with Crippen molar-refractivity contribution >= 4 is 40.9 Å². The van der Waals surface area contributed by atoms with Crippen LogP contribution in [-0.4, -0.2) is 58.8 Å². The van der Waals surface area contributed by atoms with Crippen molar-refractivity contribution in [2.75, 3.05) is 25.3 Å². The lowest BCUT2D eigenvalue weighted by atomic mass is 9.85. The molecule has 0 aromatic heterocycles.